The summed E-state index contributed by atoms with van der Waals surface area (Å²) in [5.74, 6) is -0.348. The van der Waals surface area contributed by atoms with Crippen LogP contribution >= 0.6 is 0 Å². The second-order valence-corrected chi connectivity index (χ2v) is 7.90. The maximum absolute atomic E-state index is 12.7. The third kappa shape index (κ3) is 3.56. The number of hydrogen-bond acceptors (Lipinski definition) is 3. The van der Waals surface area contributed by atoms with Gasteiger partial charge in [-0.3, -0.25) is 14.5 Å². The molecule has 4 rings (SSSR count). The number of nitrogens with one attached hydrogen (secondary N) is 2. The van der Waals surface area contributed by atoms with Gasteiger partial charge in [0.25, 0.3) is 5.91 Å². The monoisotopic (exact) mass is 371 g/mol. The Balaban J connectivity index is 1.30. The van der Waals surface area contributed by atoms with Gasteiger partial charge in [-0.05, 0) is 12.8 Å². The summed E-state index contributed by atoms with van der Waals surface area (Å²) in [4.78, 5) is 41.9. The molecule has 2 aliphatic heterocycles. The molecule has 0 bridgehead atoms. The zero-order valence-corrected chi connectivity index (χ0v) is 15.6. The number of imide groups is 1. The number of carbonyl (C=O) groups excluding carboxylic acids is 3. The Morgan fingerprint density at radius 3 is 2.41 bits per heavy atom. The molecule has 7 heteroatoms. The van der Waals surface area contributed by atoms with Crippen molar-refractivity contribution in [3.05, 3.63) is 35.9 Å². The van der Waals surface area contributed by atoms with Gasteiger partial charge in [-0.15, -0.1) is 0 Å². The summed E-state index contributed by atoms with van der Waals surface area (Å²) in [6.45, 7) is 3.90. The van der Waals surface area contributed by atoms with Crippen LogP contribution in [0.1, 0.15) is 31.2 Å². The molecule has 2 saturated heterocycles. The molecule has 1 aromatic carbocycles. The molecule has 3 fully saturated rings. The van der Waals surface area contributed by atoms with Gasteiger partial charge in [-0.1, -0.05) is 43.2 Å². The third-order valence-electron chi connectivity index (χ3n) is 6.12. The first-order valence-electron chi connectivity index (χ1n) is 9.87. The van der Waals surface area contributed by atoms with Crippen LogP contribution in [0.2, 0.25) is 0 Å². The molecule has 1 saturated carbocycles. The molecule has 2 heterocycles. The minimum Gasteiger partial charge on any atom is -0.330 e. The molecule has 3 aliphatic rings. The average molecular weight is 371 g/mol. The standard InChI is InChI=1S/C20H26N4O3/c25-17(15-24-18(26)20(21-19(24)27)8-4-5-9-20)23-12-10-22(11-13-23)14-16-6-2-1-3-7-16/h1-3,6-7H,4-5,8-15H2,(H,21,27)/p+1. The number of rotatable bonds is 4. The van der Waals surface area contributed by atoms with Crippen LogP contribution in [0.3, 0.4) is 0 Å². The zero-order valence-electron chi connectivity index (χ0n) is 15.6. The zero-order chi connectivity index (χ0) is 18.9. The summed E-state index contributed by atoms with van der Waals surface area (Å²) in [5.41, 5.74) is 0.559. The normalized spacial score (nSPS) is 22.5. The van der Waals surface area contributed by atoms with E-state index in [0.717, 1.165) is 37.4 Å². The maximum Gasteiger partial charge on any atom is 0.325 e. The van der Waals surface area contributed by atoms with Crippen molar-refractivity contribution in [2.45, 2.75) is 37.8 Å². The van der Waals surface area contributed by atoms with Gasteiger partial charge in [-0.25, -0.2) is 4.79 Å². The summed E-state index contributed by atoms with van der Waals surface area (Å²) >= 11 is 0. The molecule has 1 aliphatic carbocycles. The fourth-order valence-corrected chi connectivity index (χ4v) is 4.51. The molecule has 7 nitrogen and oxygen atoms in total. The smallest absolute Gasteiger partial charge is 0.325 e. The molecular weight excluding hydrogens is 344 g/mol. The molecule has 0 unspecified atom stereocenters. The Morgan fingerprint density at radius 2 is 1.74 bits per heavy atom. The van der Waals surface area contributed by atoms with Gasteiger partial charge in [0.2, 0.25) is 5.91 Å². The molecule has 144 valence electrons. The fourth-order valence-electron chi connectivity index (χ4n) is 4.51. The van der Waals surface area contributed by atoms with E-state index in [9.17, 15) is 14.4 Å². The van der Waals surface area contributed by atoms with Gasteiger partial charge in [0.15, 0.2) is 0 Å². The number of nitrogens with zero attached hydrogens (tertiary/aromatic N) is 2. The molecule has 27 heavy (non-hydrogen) atoms. The topological polar surface area (TPSA) is 74.2 Å². The minimum atomic E-state index is -0.740. The Hall–Kier alpha value is -2.41. The van der Waals surface area contributed by atoms with Crippen molar-refractivity contribution in [2.75, 3.05) is 32.7 Å². The number of quaternary nitrogens is 1. The van der Waals surface area contributed by atoms with Gasteiger partial charge in [-0.2, -0.15) is 0 Å². The summed E-state index contributed by atoms with van der Waals surface area (Å²) in [5, 5.41) is 2.83. The van der Waals surface area contributed by atoms with Gasteiger partial charge >= 0.3 is 6.03 Å². The van der Waals surface area contributed by atoms with Crippen LogP contribution in [0, 0.1) is 0 Å². The molecule has 2 N–H and O–H groups in total. The molecular formula is C20H27N4O3+. The minimum absolute atomic E-state index is 0.132. The Morgan fingerprint density at radius 1 is 1.07 bits per heavy atom. The third-order valence-corrected chi connectivity index (χ3v) is 6.12. The van der Waals surface area contributed by atoms with Crippen molar-refractivity contribution in [1.29, 1.82) is 0 Å². The molecule has 0 radical (unpaired) electrons. The SMILES string of the molecule is O=C(CN1C(=O)NC2(CCCC2)C1=O)N1CC[NH+](Cc2ccccc2)CC1. The van der Waals surface area contributed by atoms with E-state index in [1.807, 2.05) is 18.2 Å². The number of hydrogen-bond donors (Lipinski definition) is 2. The average Bonchev–Trinajstić information content (AvgIpc) is 3.24. The van der Waals surface area contributed by atoms with E-state index >= 15 is 0 Å². The lowest BCUT2D eigenvalue weighted by atomic mass is 9.98. The highest BCUT2D eigenvalue weighted by Gasteiger charge is 2.52. The van der Waals surface area contributed by atoms with Gasteiger partial charge in [0, 0.05) is 5.56 Å². The number of urea groups is 1. The number of benzene rings is 1. The predicted molar refractivity (Wildman–Crippen MR) is 98.9 cm³/mol. The maximum atomic E-state index is 12.7. The summed E-state index contributed by atoms with van der Waals surface area (Å²) < 4.78 is 0. The van der Waals surface area contributed by atoms with E-state index in [1.165, 1.54) is 10.5 Å². The van der Waals surface area contributed by atoms with Crippen molar-refractivity contribution in [3.8, 4) is 0 Å². The van der Waals surface area contributed by atoms with E-state index in [1.54, 1.807) is 4.90 Å². The van der Waals surface area contributed by atoms with E-state index < -0.39 is 11.6 Å². The van der Waals surface area contributed by atoms with Crippen molar-refractivity contribution in [3.63, 3.8) is 0 Å². The Labute approximate surface area is 159 Å². The van der Waals surface area contributed by atoms with Crippen LogP contribution in [0.4, 0.5) is 4.79 Å². The van der Waals surface area contributed by atoms with Crippen LogP contribution in [0.25, 0.3) is 0 Å². The first-order chi connectivity index (χ1) is 13.1. The highest BCUT2D eigenvalue weighted by Crippen LogP contribution is 2.34. The first-order valence-corrected chi connectivity index (χ1v) is 9.87. The van der Waals surface area contributed by atoms with Crippen LogP contribution < -0.4 is 10.2 Å². The highest BCUT2D eigenvalue weighted by molar-refractivity contribution is 6.09. The van der Waals surface area contributed by atoms with E-state index in [0.29, 0.717) is 25.9 Å². The number of piperazine rings is 1. The quantitative estimate of drug-likeness (QED) is 0.719. The van der Waals surface area contributed by atoms with Crippen LogP contribution in [0.15, 0.2) is 30.3 Å². The van der Waals surface area contributed by atoms with Gasteiger partial charge < -0.3 is 15.1 Å². The Kier molecular flexibility index (Phi) is 4.86. The molecule has 1 spiro atoms. The van der Waals surface area contributed by atoms with E-state index in [4.69, 9.17) is 0 Å². The largest absolute Gasteiger partial charge is 0.330 e. The van der Waals surface area contributed by atoms with Crippen molar-refractivity contribution >= 4 is 17.8 Å². The van der Waals surface area contributed by atoms with Crippen molar-refractivity contribution in [1.82, 2.24) is 15.1 Å². The van der Waals surface area contributed by atoms with E-state index in [2.05, 4.69) is 17.4 Å². The molecule has 0 aromatic heterocycles. The molecule has 1 aromatic rings. The summed E-state index contributed by atoms with van der Waals surface area (Å²) in [6, 6.07) is 9.94. The molecule has 0 atom stereocenters. The van der Waals surface area contributed by atoms with Crippen molar-refractivity contribution < 1.29 is 19.3 Å². The highest BCUT2D eigenvalue weighted by atomic mass is 16.2. The fraction of sp³-hybridized carbons (Fsp3) is 0.550. The van der Waals surface area contributed by atoms with Crippen LogP contribution in [-0.2, 0) is 16.1 Å². The number of amides is 4. The summed E-state index contributed by atoms with van der Waals surface area (Å²) in [7, 11) is 0. The lowest BCUT2D eigenvalue weighted by Crippen LogP contribution is -3.13. The second-order valence-electron chi connectivity index (χ2n) is 7.90. The predicted octanol–water partition coefficient (Wildman–Crippen LogP) is -0.222. The lowest BCUT2D eigenvalue weighted by molar-refractivity contribution is -0.917. The summed E-state index contributed by atoms with van der Waals surface area (Å²) in [6.07, 6.45) is 3.26. The Bertz CT molecular complexity index is 722. The van der Waals surface area contributed by atoms with Gasteiger partial charge in [0.1, 0.15) is 18.6 Å². The molecule has 4 amide bonds. The van der Waals surface area contributed by atoms with Crippen molar-refractivity contribution in [2.24, 2.45) is 0 Å². The van der Waals surface area contributed by atoms with Crippen LogP contribution in [-0.4, -0.2) is 65.9 Å². The van der Waals surface area contributed by atoms with Gasteiger partial charge in [0.05, 0.1) is 26.2 Å². The first kappa shape index (κ1) is 18.0. The van der Waals surface area contributed by atoms with Crippen LogP contribution in [0.5, 0.6) is 0 Å². The number of carbonyl (C=O) groups is 3. The van der Waals surface area contributed by atoms with E-state index in [-0.39, 0.29) is 18.4 Å². The second kappa shape index (κ2) is 7.31. The lowest BCUT2D eigenvalue weighted by Gasteiger charge is -2.33.